The molecule has 1 fully saturated rings. The monoisotopic (exact) mass is 443 g/mol. The van der Waals surface area contributed by atoms with Crippen molar-refractivity contribution in [2.75, 3.05) is 18.4 Å². The Morgan fingerprint density at radius 3 is 2.48 bits per heavy atom. The van der Waals surface area contributed by atoms with Gasteiger partial charge in [-0.05, 0) is 71.5 Å². The van der Waals surface area contributed by atoms with Crippen molar-refractivity contribution < 1.29 is 9.59 Å². The van der Waals surface area contributed by atoms with Crippen LogP contribution in [-0.2, 0) is 4.79 Å². The van der Waals surface area contributed by atoms with Crippen LogP contribution >= 0.6 is 0 Å². The van der Waals surface area contributed by atoms with Crippen LogP contribution in [0.1, 0.15) is 52.4 Å². The minimum atomic E-state index is -0.334. The number of aldehydes is 1. The van der Waals surface area contributed by atoms with Crippen LogP contribution in [0.4, 0.5) is 5.69 Å². The highest BCUT2D eigenvalue weighted by Crippen LogP contribution is 2.24. The van der Waals surface area contributed by atoms with Crippen LogP contribution in [0.15, 0.2) is 54.4 Å². The zero-order valence-corrected chi connectivity index (χ0v) is 19.1. The van der Waals surface area contributed by atoms with Crippen LogP contribution in [0, 0.1) is 18.3 Å². The summed E-state index contributed by atoms with van der Waals surface area (Å²) in [5.41, 5.74) is 11.0. The Balaban J connectivity index is 1.88. The molecule has 7 heteroatoms. The summed E-state index contributed by atoms with van der Waals surface area (Å²) in [5.74, 6) is 0.0603. The molecule has 0 saturated carbocycles. The van der Waals surface area contributed by atoms with Gasteiger partial charge in [-0.15, -0.1) is 0 Å². The second kappa shape index (κ2) is 10.6. The SMILES string of the molecule is Cc1cc(NC(=O)c2cc(C#N)cc(C(/C=C(\C=O)NC3CNC3)=C/N)c2)ccc1C(C)C. The van der Waals surface area contributed by atoms with E-state index in [0.29, 0.717) is 39.6 Å². The van der Waals surface area contributed by atoms with Gasteiger partial charge >= 0.3 is 0 Å². The van der Waals surface area contributed by atoms with Gasteiger partial charge < -0.3 is 21.7 Å². The zero-order chi connectivity index (χ0) is 24.0. The van der Waals surface area contributed by atoms with Gasteiger partial charge in [-0.1, -0.05) is 19.9 Å². The first kappa shape index (κ1) is 23.8. The number of carbonyl (C=O) groups is 2. The van der Waals surface area contributed by atoms with Gasteiger partial charge in [-0.3, -0.25) is 9.59 Å². The van der Waals surface area contributed by atoms with Crippen molar-refractivity contribution in [3.8, 4) is 6.07 Å². The number of nitrogens with zero attached hydrogens (tertiary/aromatic N) is 1. The molecule has 2 aromatic carbocycles. The second-order valence-electron chi connectivity index (χ2n) is 8.43. The van der Waals surface area contributed by atoms with Crippen LogP contribution in [0.5, 0.6) is 0 Å². The number of amides is 1. The third kappa shape index (κ3) is 5.88. The Hall–Kier alpha value is -3.89. The molecule has 0 unspecified atom stereocenters. The van der Waals surface area contributed by atoms with Gasteiger partial charge in [0.1, 0.15) is 0 Å². The van der Waals surface area contributed by atoms with Gasteiger partial charge in [-0.25, -0.2) is 0 Å². The number of anilines is 1. The summed E-state index contributed by atoms with van der Waals surface area (Å²) in [4.78, 5) is 24.5. The summed E-state index contributed by atoms with van der Waals surface area (Å²) in [5, 5.41) is 18.7. The van der Waals surface area contributed by atoms with Crippen LogP contribution in [0.25, 0.3) is 5.57 Å². The van der Waals surface area contributed by atoms with E-state index in [1.54, 1.807) is 18.2 Å². The van der Waals surface area contributed by atoms with E-state index in [-0.39, 0.29) is 11.9 Å². The first-order chi connectivity index (χ1) is 15.8. The zero-order valence-electron chi connectivity index (χ0n) is 19.1. The number of nitrogens with one attached hydrogen (secondary N) is 3. The molecule has 7 nitrogen and oxygen atoms in total. The molecule has 1 saturated heterocycles. The van der Waals surface area contributed by atoms with E-state index in [4.69, 9.17) is 5.73 Å². The Morgan fingerprint density at radius 1 is 1.21 bits per heavy atom. The number of nitriles is 1. The predicted octanol–water partition coefficient (Wildman–Crippen LogP) is 3.19. The van der Waals surface area contributed by atoms with Crippen LogP contribution in [0.2, 0.25) is 0 Å². The van der Waals surface area contributed by atoms with Crippen molar-refractivity contribution in [3.05, 3.63) is 82.2 Å². The molecular formula is C26H29N5O2. The molecule has 2 aromatic rings. The van der Waals surface area contributed by atoms with E-state index in [1.807, 2.05) is 25.1 Å². The number of benzene rings is 2. The van der Waals surface area contributed by atoms with Gasteiger partial charge in [0.05, 0.1) is 23.4 Å². The van der Waals surface area contributed by atoms with Gasteiger partial charge in [0.25, 0.3) is 5.91 Å². The van der Waals surface area contributed by atoms with E-state index in [0.717, 1.165) is 24.9 Å². The summed E-state index contributed by atoms with van der Waals surface area (Å²) in [7, 11) is 0. The maximum atomic E-state index is 13.0. The maximum Gasteiger partial charge on any atom is 0.255 e. The maximum absolute atomic E-state index is 13.0. The van der Waals surface area contributed by atoms with E-state index in [9.17, 15) is 14.9 Å². The molecule has 0 bridgehead atoms. The largest absolute Gasteiger partial charge is 0.404 e. The quantitative estimate of drug-likeness (QED) is 0.283. The molecule has 3 rings (SSSR count). The summed E-state index contributed by atoms with van der Waals surface area (Å²) in [6.07, 6.45) is 3.71. The Morgan fingerprint density at radius 2 is 1.94 bits per heavy atom. The molecule has 0 spiro atoms. The number of carbonyl (C=O) groups excluding carboxylic acids is 2. The van der Waals surface area contributed by atoms with E-state index in [2.05, 4.69) is 35.9 Å². The highest BCUT2D eigenvalue weighted by molar-refractivity contribution is 6.05. The molecule has 33 heavy (non-hydrogen) atoms. The van der Waals surface area contributed by atoms with Crippen LogP contribution in [-0.4, -0.2) is 31.3 Å². The minimum Gasteiger partial charge on any atom is -0.404 e. The average molecular weight is 444 g/mol. The first-order valence-electron chi connectivity index (χ1n) is 10.9. The normalized spacial score (nSPS) is 14.4. The van der Waals surface area contributed by atoms with Gasteiger partial charge in [0.2, 0.25) is 0 Å². The molecule has 0 aliphatic carbocycles. The molecule has 0 atom stereocenters. The Kier molecular flexibility index (Phi) is 7.65. The number of aryl methyl sites for hydroxylation is 1. The molecule has 1 amide bonds. The standard InChI is InChI=1S/C26H29N5O2/c1-16(2)25-5-4-22(6-17(25)3)31-26(33)20-8-18(11-27)7-19(9-20)21(12-28)10-23(15-32)30-24-13-29-14-24/h4-10,12,15-16,24,29-30H,13-14,28H2,1-3H3,(H,31,33)/b21-12+,23-10+. The highest BCUT2D eigenvalue weighted by atomic mass is 16.1. The van der Waals surface area contributed by atoms with Crippen molar-refractivity contribution in [2.24, 2.45) is 5.73 Å². The number of allylic oxidation sites excluding steroid dienone is 3. The Bertz CT molecular complexity index is 1150. The van der Waals surface area contributed by atoms with Gasteiger partial charge in [0.15, 0.2) is 6.29 Å². The number of hydrogen-bond acceptors (Lipinski definition) is 6. The lowest BCUT2D eigenvalue weighted by molar-refractivity contribution is -0.105. The molecule has 0 radical (unpaired) electrons. The van der Waals surface area contributed by atoms with E-state index < -0.39 is 0 Å². The molecule has 0 aromatic heterocycles. The lowest BCUT2D eigenvalue weighted by Gasteiger charge is -2.28. The fraction of sp³-hybridized carbons (Fsp3) is 0.269. The summed E-state index contributed by atoms with van der Waals surface area (Å²) < 4.78 is 0. The first-order valence-corrected chi connectivity index (χ1v) is 10.9. The van der Waals surface area contributed by atoms with Crippen LogP contribution in [0.3, 0.4) is 0 Å². The van der Waals surface area contributed by atoms with Crippen molar-refractivity contribution in [1.29, 1.82) is 5.26 Å². The van der Waals surface area contributed by atoms with Crippen molar-refractivity contribution in [1.82, 2.24) is 10.6 Å². The molecule has 1 aliphatic heterocycles. The third-order valence-corrected chi connectivity index (χ3v) is 5.58. The Labute approximate surface area is 194 Å². The lowest BCUT2D eigenvalue weighted by Crippen LogP contribution is -2.55. The van der Waals surface area contributed by atoms with Crippen molar-refractivity contribution in [3.63, 3.8) is 0 Å². The van der Waals surface area contributed by atoms with E-state index in [1.165, 1.54) is 17.8 Å². The van der Waals surface area contributed by atoms with Gasteiger partial charge in [-0.2, -0.15) is 5.26 Å². The molecule has 1 heterocycles. The highest BCUT2D eigenvalue weighted by Gasteiger charge is 2.17. The summed E-state index contributed by atoms with van der Waals surface area (Å²) >= 11 is 0. The number of rotatable bonds is 8. The van der Waals surface area contributed by atoms with E-state index >= 15 is 0 Å². The summed E-state index contributed by atoms with van der Waals surface area (Å²) in [6, 6.07) is 12.9. The lowest BCUT2D eigenvalue weighted by atomic mass is 9.97. The molecular weight excluding hydrogens is 414 g/mol. The van der Waals surface area contributed by atoms with Crippen molar-refractivity contribution >= 4 is 23.5 Å². The molecule has 5 N–H and O–H groups in total. The fourth-order valence-electron chi connectivity index (χ4n) is 3.73. The third-order valence-electron chi connectivity index (χ3n) is 5.58. The molecule has 1 aliphatic rings. The van der Waals surface area contributed by atoms with Crippen LogP contribution < -0.4 is 21.7 Å². The smallest absolute Gasteiger partial charge is 0.255 e. The predicted molar refractivity (Wildman–Crippen MR) is 130 cm³/mol. The second-order valence-corrected chi connectivity index (χ2v) is 8.43. The molecule has 170 valence electrons. The summed E-state index contributed by atoms with van der Waals surface area (Å²) in [6.45, 7) is 7.82. The fourth-order valence-corrected chi connectivity index (χ4v) is 3.73. The average Bonchev–Trinajstić information content (AvgIpc) is 2.77. The number of nitrogens with two attached hydrogens (primary N) is 1. The topological polar surface area (TPSA) is 120 Å². The minimum absolute atomic E-state index is 0.179. The van der Waals surface area contributed by atoms with Crippen molar-refractivity contribution in [2.45, 2.75) is 32.7 Å². The number of hydrogen-bond donors (Lipinski definition) is 4. The van der Waals surface area contributed by atoms with Gasteiger partial charge in [0, 0.05) is 30.5 Å².